The molecule has 3 atom stereocenters. The summed E-state index contributed by atoms with van der Waals surface area (Å²) < 4.78 is 21.0. The lowest BCUT2D eigenvalue weighted by molar-refractivity contribution is -0.141. The second-order valence-electron chi connectivity index (χ2n) is 20.6. The lowest BCUT2D eigenvalue weighted by Crippen LogP contribution is -2.51. The summed E-state index contributed by atoms with van der Waals surface area (Å²) in [4.78, 5) is 101. The van der Waals surface area contributed by atoms with E-state index in [0.29, 0.717) is 119 Å². The fraction of sp³-hybridized carbons (Fsp3) is 0.474. The van der Waals surface area contributed by atoms with Crippen LogP contribution in [0, 0.1) is 0 Å². The van der Waals surface area contributed by atoms with Gasteiger partial charge in [-0.25, -0.2) is 30.0 Å². The summed E-state index contributed by atoms with van der Waals surface area (Å²) in [5.74, 6) is 2.36. The number of unbranched alkanes of at least 4 members (excludes halogenated alkanes) is 3. The lowest BCUT2D eigenvalue weighted by atomic mass is 10.1. The highest BCUT2D eigenvalue weighted by molar-refractivity contribution is 5.86. The van der Waals surface area contributed by atoms with Gasteiger partial charge in [-0.15, -0.1) is 0 Å². The van der Waals surface area contributed by atoms with E-state index in [4.69, 9.17) is 21.4 Å². The molecule has 1 fully saturated rings. The van der Waals surface area contributed by atoms with Crippen molar-refractivity contribution in [2.75, 3.05) is 66.0 Å². The third-order valence-corrected chi connectivity index (χ3v) is 14.0. The van der Waals surface area contributed by atoms with E-state index in [1.165, 1.54) is 5.01 Å². The average molecular weight is 1190 g/mol. The molecule has 0 saturated carbocycles. The number of likely N-dealkylation sites (N-methyl/N-ethyl adjacent to an activating group) is 1. The number of para-hydroxylation sites is 2. The summed E-state index contributed by atoms with van der Waals surface area (Å²) in [5, 5.41) is 59.1. The van der Waals surface area contributed by atoms with Crippen molar-refractivity contribution in [3.05, 3.63) is 120 Å². The minimum Gasteiger partial charge on any atom is -0.508 e. The Bertz CT molecular complexity index is 2830. The number of carbonyl (C=O) groups is 7. The lowest BCUT2D eigenvalue weighted by Gasteiger charge is -2.31. The third kappa shape index (κ3) is 23.8. The van der Waals surface area contributed by atoms with Gasteiger partial charge in [0.1, 0.15) is 42.6 Å². The molecule has 1 aromatic heterocycles. The number of phenolic OH excluding ortho intramolecular Hbond substituents is 1. The molecule has 3 unspecified atom stereocenters. The third-order valence-electron chi connectivity index (χ3n) is 14.0. The second-order valence-corrected chi connectivity index (χ2v) is 20.6. The number of amides is 5. The Kier molecular flexibility index (Phi) is 27.9. The van der Waals surface area contributed by atoms with Gasteiger partial charge < -0.3 is 71.7 Å². The Morgan fingerprint density at radius 2 is 1.48 bits per heavy atom. The normalized spacial score (nSPS) is 14.3. The number of carboxylic acids is 4. The highest BCUT2D eigenvalue weighted by Crippen LogP contribution is 2.35. The number of nitrogens with two attached hydrogens (primary N) is 2. The summed E-state index contributed by atoms with van der Waals surface area (Å²) in [6.45, 7) is 4.50. The molecule has 5 rings (SSSR count). The van der Waals surface area contributed by atoms with Crippen LogP contribution < -0.4 is 42.5 Å². The van der Waals surface area contributed by atoms with Gasteiger partial charge in [-0.1, -0.05) is 55.0 Å². The predicted molar refractivity (Wildman–Crippen MR) is 307 cm³/mol. The molecule has 27 nitrogen and oxygen atoms in total. The predicted octanol–water partition coefficient (Wildman–Crippen LogP) is 3.76. The number of hydrogen-bond donors (Lipinski definition) is 11. The molecule has 0 aliphatic carbocycles. The van der Waals surface area contributed by atoms with Crippen LogP contribution in [-0.2, 0) is 50.2 Å². The van der Waals surface area contributed by atoms with E-state index in [-0.39, 0.29) is 75.1 Å². The smallest absolute Gasteiger partial charge is 0.326 e. The van der Waals surface area contributed by atoms with Crippen LogP contribution in [0.25, 0.3) is 0 Å². The van der Waals surface area contributed by atoms with Gasteiger partial charge in [0.25, 0.3) is 0 Å². The van der Waals surface area contributed by atoms with Gasteiger partial charge in [-0.3, -0.25) is 34.0 Å². The van der Waals surface area contributed by atoms with Crippen molar-refractivity contribution in [1.29, 1.82) is 0 Å². The first-order valence-corrected chi connectivity index (χ1v) is 28.1. The Morgan fingerprint density at radius 1 is 0.776 bits per heavy atom. The topological polar surface area (TPSA) is 373 Å². The molecule has 1 aliphatic heterocycles. The summed E-state index contributed by atoms with van der Waals surface area (Å²) >= 11 is 0. The van der Waals surface area contributed by atoms with Crippen LogP contribution in [0.15, 0.2) is 97.1 Å². The molecule has 3 aromatic carbocycles. The number of aromatic nitrogens is 2. The van der Waals surface area contributed by atoms with E-state index >= 15 is 0 Å². The monoisotopic (exact) mass is 1190 g/mol. The fourth-order valence-corrected chi connectivity index (χ4v) is 9.52. The van der Waals surface area contributed by atoms with Crippen LogP contribution >= 0.6 is 0 Å². The van der Waals surface area contributed by atoms with E-state index in [9.17, 15) is 58.5 Å². The number of urea groups is 2. The van der Waals surface area contributed by atoms with E-state index in [0.717, 1.165) is 12.1 Å². The molecule has 13 N–H and O–H groups in total. The molecule has 1 aliphatic rings. The Hall–Kier alpha value is -8.73. The molecule has 0 radical (unpaired) electrons. The summed E-state index contributed by atoms with van der Waals surface area (Å²) in [7, 11) is 1.95. The van der Waals surface area contributed by atoms with Gasteiger partial charge in [0, 0.05) is 99.4 Å². The number of hydrogen-bond acceptors (Lipinski definition) is 17. The van der Waals surface area contributed by atoms with E-state index < -0.39 is 48.4 Å². The average Bonchev–Trinajstić information content (AvgIpc) is 3.80. The van der Waals surface area contributed by atoms with Gasteiger partial charge in [-0.2, -0.15) is 0 Å². The zero-order valence-electron chi connectivity index (χ0n) is 47.7. The Morgan fingerprint density at radius 3 is 2.19 bits per heavy atom. The fourth-order valence-electron chi connectivity index (χ4n) is 9.52. The largest absolute Gasteiger partial charge is 0.508 e. The van der Waals surface area contributed by atoms with E-state index in [1.54, 1.807) is 64.5 Å². The van der Waals surface area contributed by atoms with Crippen LogP contribution in [0.2, 0.25) is 0 Å². The maximum atomic E-state index is 13.7. The minimum atomic E-state index is -1.52. The number of carboxylic acid groups (broad SMARTS) is 4. The van der Waals surface area contributed by atoms with Crippen LogP contribution in [0.3, 0.4) is 0 Å². The maximum Gasteiger partial charge on any atom is 0.326 e. The minimum absolute atomic E-state index is 0.000720. The number of benzene rings is 3. The van der Waals surface area contributed by atoms with Gasteiger partial charge >= 0.3 is 35.9 Å². The first-order valence-electron chi connectivity index (χ1n) is 28.1. The Labute approximate surface area is 492 Å². The summed E-state index contributed by atoms with van der Waals surface area (Å²) in [6.07, 6.45) is 7.02. The molecule has 0 spiro atoms. The number of carbonyl (C=O) groups excluding carboxylic acids is 3. The molecule has 0 bridgehead atoms. The van der Waals surface area contributed by atoms with Crippen LogP contribution in [-0.4, -0.2) is 180 Å². The molecule has 85 heavy (non-hydrogen) atoms. The number of phenols is 1. The van der Waals surface area contributed by atoms with E-state index in [2.05, 4.69) is 45.9 Å². The van der Waals surface area contributed by atoms with Crippen LogP contribution in [0.5, 0.6) is 17.2 Å². The van der Waals surface area contributed by atoms with Crippen molar-refractivity contribution >= 4 is 41.8 Å². The molecule has 5 amide bonds. The van der Waals surface area contributed by atoms with Crippen molar-refractivity contribution in [1.82, 2.24) is 55.4 Å². The number of halogens is 1. The quantitative estimate of drug-likeness (QED) is 0.0172. The molecule has 28 heteroatoms. The SMILES string of the molecule is CN1CCN(CCN(Cc2ccccc2O)C(=O)NCCCN(N)/C=C(\N)COc2ccc(CN(CCCCCC(=O)NCCCCC(NC(=O)NC(CCC(=O)O)C(=O)O)C(=O)O)Cc3nccn3CC(=O)O)cc2)C1c1ccccc1OF. The maximum absolute atomic E-state index is 13.7. The van der Waals surface area contributed by atoms with Gasteiger partial charge in [0.05, 0.1) is 25.0 Å². The highest BCUT2D eigenvalue weighted by Gasteiger charge is 2.34. The molecule has 2 heterocycles. The number of aliphatic carboxylic acids is 4. The first kappa shape index (κ1) is 67.1. The van der Waals surface area contributed by atoms with Gasteiger partial charge in [0.15, 0.2) is 5.75 Å². The van der Waals surface area contributed by atoms with Crippen LogP contribution in [0.4, 0.5) is 14.1 Å². The van der Waals surface area contributed by atoms with Crippen molar-refractivity contribution in [3.8, 4) is 17.2 Å². The number of ether oxygens (including phenoxy) is 1. The summed E-state index contributed by atoms with van der Waals surface area (Å²) in [5.41, 5.74) is 8.86. The van der Waals surface area contributed by atoms with Gasteiger partial charge in [0.2, 0.25) is 5.91 Å². The van der Waals surface area contributed by atoms with Crippen molar-refractivity contribution in [3.63, 3.8) is 0 Å². The number of nitrogens with one attached hydrogen (secondary N) is 4. The molecular formula is C57H80FN13O14. The first-order chi connectivity index (χ1) is 40.8. The number of rotatable bonds is 39. The zero-order valence-corrected chi connectivity index (χ0v) is 47.7. The second kappa shape index (κ2) is 35.4. The van der Waals surface area contributed by atoms with Gasteiger partial charge in [-0.05, 0) is 88.4 Å². The van der Waals surface area contributed by atoms with Crippen molar-refractivity contribution in [2.45, 2.75) is 109 Å². The molecule has 464 valence electrons. The highest BCUT2D eigenvalue weighted by atomic mass is 19.3. The van der Waals surface area contributed by atoms with Crippen molar-refractivity contribution < 1.29 is 73.3 Å². The van der Waals surface area contributed by atoms with E-state index in [1.807, 2.05) is 43.4 Å². The Balaban J connectivity index is 1.03. The molecular weight excluding hydrogens is 1110 g/mol. The molecule has 4 aromatic rings. The number of imidazole rings is 1. The number of aromatic hydroxyl groups is 1. The van der Waals surface area contributed by atoms with Crippen LogP contribution in [0.1, 0.15) is 92.9 Å². The van der Waals surface area contributed by atoms with Crippen molar-refractivity contribution in [2.24, 2.45) is 11.6 Å². The number of hydrazine groups is 1. The molecule has 1 saturated heterocycles. The number of nitrogens with zero attached hydrogens (tertiary/aromatic N) is 7. The zero-order chi connectivity index (χ0) is 61.7. The standard InChI is InChI=1S/C57H80FN13O14/c1-66-30-31-68(53(66)44-13-5-7-16-48(44)85-58)32-33-70(35-41-12-4-6-15-47(41)72)57(83)63-25-11-28-71(60)36-42(59)39-84-43-20-18-40(19-21-43)34-67(37-49-61-26-29-69(49)38-52(76)77)27-10-2-3-17-50(73)62-24-9-8-14-45(54(78)79)64-56(82)65-46(55(80)81)22-23-51(74)75/h4-7,12-13,15-16,18-21,26,29,36,45-46,53,72H,2-3,8-11,14,17,22-25,27-28,30-35,37-39,59-60H2,1H3,(H,62,73)(H,63,83)(H,74,75)(H,76,77)(H,78,79)(H,80,81)(H2,64,65,82)/b42-36-. The summed E-state index contributed by atoms with van der Waals surface area (Å²) in [6, 6.07) is 17.0.